The Morgan fingerprint density at radius 2 is 1.94 bits per heavy atom. The summed E-state index contributed by atoms with van der Waals surface area (Å²) in [4.78, 5) is 21.6. The molecule has 4 aromatic rings. The summed E-state index contributed by atoms with van der Waals surface area (Å²) < 4.78 is 14.3. The van der Waals surface area contributed by atoms with Crippen molar-refractivity contribution in [3.05, 3.63) is 112 Å². The molecule has 0 saturated carbocycles. The summed E-state index contributed by atoms with van der Waals surface area (Å²) in [5, 5.41) is 6.62. The van der Waals surface area contributed by atoms with Crippen LogP contribution in [0.2, 0.25) is 0 Å². The maximum absolute atomic E-state index is 14.3. The standard InChI is InChI=1S/C26H23ClFN5O/c27-8-10-31-21-4-3-20(24(28)14-21)16-32-26(34)19-7-9-30-23(13-19)12-17-1-6-25-18(11-17)2-5-22(15-29)33-25/h1-11,13-14,31H,12,15-16,29H2,(H,32,34)/b10-8+. The highest BCUT2D eigenvalue weighted by Crippen LogP contribution is 2.18. The van der Waals surface area contributed by atoms with Crippen molar-refractivity contribution in [2.24, 2.45) is 5.73 Å². The second-order valence-electron chi connectivity index (χ2n) is 7.67. The molecule has 0 spiro atoms. The van der Waals surface area contributed by atoms with Gasteiger partial charge in [0, 0.05) is 65.3 Å². The first-order chi connectivity index (χ1) is 16.6. The van der Waals surface area contributed by atoms with E-state index in [2.05, 4.69) is 26.7 Å². The number of hydrogen-bond donors (Lipinski definition) is 3. The van der Waals surface area contributed by atoms with Gasteiger partial charge in [-0.25, -0.2) is 4.39 Å². The average Bonchev–Trinajstić information content (AvgIpc) is 2.86. The Kier molecular flexibility index (Phi) is 7.47. The molecule has 0 bridgehead atoms. The molecule has 0 saturated heterocycles. The molecular formula is C26H23ClFN5O. The van der Waals surface area contributed by atoms with E-state index in [4.69, 9.17) is 17.3 Å². The number of nitrogens with zero attached hydrogens (tertiary/aromatic N) is 2. The number of anilines is 1. The highest BCUT2D eigenvalue weighted by Gasteiger charge is 2.10. The number of carbonyl (C=O) groups is 1. The molecule has 2 aromatic carbocycles. The highest BCUT2D eigenvalue weighted by atomic mass is 35.5. The first-order valence-corrected chi connectivity index (χ1v) is 11.1. The van der Waals surface area contributed by atoms with E-state index in [1.165, 1.54) is 17.8 Å². The van der Waals surface area contributed by atoms with Gasteiger partial charge in [-0.15, -0.1) is 0 Å². The molecule has 0 aliphatic heterocycles. The van der Waals surface area contributed by atoms with E-state index in [0.717, 1.165) is 27.9 Å². The number of rotatable bonds is 8. The lowest BCUT2D eigenvalue weighted by atomic mass is 10.0. The fourth-order valence-electron chi connectivity index (χ4n) is 3.55. The zero-order chi connectivity index (χ0) is 23.9. The molecule has 4 N–H and O–H groups in total. The van der Waals surface area contributed by atoms with Gasteiger partial charge in [-0.1, -0.05) is 29.8 Å². The third-order valence-electron chi connectivity index (χ3n) is 5.29. The predicted octanol–water partition coefficient (Wildman–Crippen LogP) is 4.87. The Hall–Kier alpha value is -3.81. The van der Waals surface area contributed by atoms with Gasteiger partial charge in [-0.2, -0.15) is 0 Å². The number of nitrogens with two attached hydrogens (primary N) is 1. The number of halogens is 2. The van der Waals surface area contributed by atoms with Crippen LogP contribution in [0.1, 0.15) is 32.9 Å². The van der Waals surface area contributed by atoms with Crippen molar-refractivity contribution in [3.63, 3.8) is 0 Å². The molecule has 0 fully saturated rings. The van der Waals surface area contributed by atoms with Gasteiger partial charge in [0.15, 0.2) is 0 Å². The van der Waals surface area contributed by atoms with E-state index in [1.54, 1.807) is 30.5 Å². The normalized spacial score (nSPS) is 11.1. The number of hydrogen-bond acceptors (Lipinski definition) is 5. The SMILES string of the molecule is NCc1ccc2cc(Cc3cc(C(=O)NCc4ccc(N/C=C/Cl)cc4F)ccn3)ccc2n1. The first-order valence-electron chi connectivity index (χ1n) is 10.7. The number of amides is 1. The quantitative estimate of drug-likeness (QED) is 0.338. The minimum Gasteiger partial charge on any atom is -0.361 e. The Labute approximate surface area is 201 Å². The fourth-order valence-corrected chi connectivity index (χ4v) is 3.61. The molecule has 6 nitrogen and oxygen atoms in total. The number of aromatic nitrogens is 2. The van der Waals surface area contributed by atoms with Gasteiger partial charge in [0.05, 0.1) is 11.2 Å². The van der Waals surface area contributed by atoms with Gasteiger partial charge < -0.3 is 16.4 Å². The summed E-state index contributed by atoms with van der Waals surface area (Å²) >= 11 is 5.46. The summed E-state index contributed by atoms with van der Waals surface area (Å²) in [6, 6.07) is 18.0. The van der Waals surface area contributed by atoms with Crippen LogP contribution in [0.15, 0.2) is 78.6 Å². The fraction of sp³-hybridized carbons (Fsp3) is 0.115. The first kappa shape index (κ1) is 23.4. The lowest BCUT2D eigenvalue weighted by molar-refractivity contribution is 0.0950. The molecule has 0 aliphatic rings. The molecule has 0 radical (unpaired) electrons. The maximum Gasteiger partial charge on any atom is 0.251 e. The molecule has 0 atom stereocenters. The zero-order valence-electron chi connectivity index (χ0n) is 18.3. The largest absolute Gasteiger partial charge is 0.361 e. The van der Waals surface area contributed by atoms with Crippen molar-refractivity contribution >= 4 is 34.1 Å². The van der Waals surface area contributed by atoms with Gasteiger partial charge in [0.1, 0.15) is 5.82 Å². The van der Waals surface area contributed by atoms with E-state index in [0.29, 0.717) is 29.8 Å². The van der Waals surface area contributed by atoms with Crippen LogP contribution in [0, 0.1) is 5.82 Å². The van der Waals surface area contributed by atoms with E-state index in [1.807, 2.05) is 24.3 Å². The van der Waals surface area contributed by atoms with Crippen LogP contribution in [-0.4, -0.2) is 15.9 Å². The topological polar surface area (TPSA) is 92.9 Å². The zero-order valence-corrected chi connectivity index (χ0v) is 19.0. The number of benzene rings is 2. The van der Waals surface area contributed by atoms with E-state index >= 15 is 0 Å². The Morgan fingerprint density at radius 3 is 2.74 bits per heavy atom. The van der Waals surface area contributed by atoms with Gasteiger partial charge in [0.2, 0.25) is 0 Å². The highest BCUT2D eigenvalue weighted by molar-refractivity contribution is 6.25. The van der Waals surface area contributed by atoms with Crippen LogP contribution >= 0.6 is 11.6 Å². The molecule has 2 heterocycles. The summed E-state index contributed by atoms with van der Waals surface area (Å²) in [6.07, 6.45) is 3.66. The van der Waals surface area contributed by atoms with Crippen LogP contribution in [0.5, 0.6) is 0 Å². The van der Waals surface area contributed by atoms with Gasteiger partial charge >= 0.3 is 0 Å². The minimum absolute atomic E-state index is 0.0659. The monoisotopic (exact) mass is 475 g/mol. The minimum atomic E-state index is -0.423. The summed E-state index contributed by atoms with van der Waals surface area (Å²) in [5.74, 6) is -0.722. The average molecular weight is 476 g/mol. The molecule has 0 aliphatic carbocycles. The number of nitrogens with one attached hydrogen (secondary N) is 2. The Bertz CT molecular complexity index is 1360. The number of fused-ring (bicyclic) bond motifs is 1. The van der Waals surface area contributed by atoms with Crippen LogP contribution < -0.4 is 16.4 Å². The molecule has 4 rings (SSSR count). The van der Waals surface area contributed by atoms with E-state index in [9.17, 15) is 9.18 Å². The molecule has 1 amide bonds. The second kappa shape index (κ2) is 10.9. The molecular weight excluding hydrogens is 453 g/mol. The molecule has 34 heavy (non-hydrogen) atoms. The van der Waals surface area contributed by atoms with Gasteiger partial charge in [-0.3, -0.25) is 14.8 Å². The van der Waals surface area contributed by atoms with Crippen LogP contribution in [0.3, 0.4) is 0 Å². The molecule has 0 unspecified atom stereocenters. The predicted molar refractivity (Wildman–Crippen MR) is 133 cm³/mol. The molecule has 2 aromatic heterocycles. The van der Waals surface area contributed by atoms with Crippen molar-refractivity contribution in [2.75, 3.05) is 5.32 Å². The van der Waals surface area contributed by atoms with Crippen molar-refractivity contribution in [1.82, 2.24) is 15.3 Å². The summed E-state index contributed by atoms with van der Waals surface area (Å²) in [6.45, 7) is 0.466. The third-order valence-corrected chi connectivity index (χ3v) is 5.42. The summed E-state index contributed by atoms with van der Waals surface area (Å²) in [7, 11) is 0. The van der Waals surface area contributed by atoms with Crippen molar-refractivity contribution in [3.8, 4) is 0 Å². The molecule has 172 valence electrons. The maximum atomic E-state index is 14.3. The lowest BCUT2D eigenvalue weighted by Crippen LogP contribution is -2.23. The van der Waals surface area contributed by atoms with Crippen molar-refractivity contribution < 1.29 is 9.18 Å². The van der Waals surface area contributed by atoms with Crippen LogP contribution in [0.4, 0.5) is 10.1 Å². The van der Waals surface area contributed by atoms with Crippen LogP contribution in [-0.2, 0) is 19.5 Å². The van der Waals surface area contributed by atoms with E-state index < -0.39 is 5.82 Å². The van der Waals surface area contributed by atoms with Crippen LogP contribution in [0.25, 0.3) is 10.9 Å². The second-order valence-corrected chi connectivity index (χ2v) is 7.92. The Morgan fingerprint density at radius 1 is 1.06 bits per heavy atom. The van der Waals surface area contributed by atoms with E-state index in [-0.39, 0.29) is 12.5 Å². The third kappa shape index (κ3) is 5.75. The molecule has 8 heteroatoms. The van der Waals surface area contributed by atoms with Crippen molar-refractivity contribution in [2.45, 2.75) is 19.5 Å². The van der Waals surface area contributed by atoms with Gasteiger partial charge in [0.25, 0.3) is 5.91 Å². The number of carbonyl (C=O) groups excluding carboxylic acids is 1. The lowest BCUT2D eigenvalue weighted by Gasteiger charge is -2.09. The smallest absolute Gasteiger partial charge is 0.251 e. The Balaban J connectivity index is 1.42. The summed E-state index contributed by atoms with van der Waals surface area (Å²) in [5.41, 5.74) is 11.9. The van der Waals surface area contributed by atoms with Crippen molar-refractivity contribution in [1.29, 1.82) is 0 Å². The van der Waals surface area contributed by atoms with Gasteiger partial charge in [-0.05, 0) is 48.0 Å². The number of pyridine rings is 2.